The number of aryl methyl sites for hydroxylation is 1. The molecule has 17 heteroatoms. The first-order valence-corrected chi connectivity index (χ1v) is 17.3. The number of benzene rings is 1. The van der Waals surface area contributed by atoms with Crippen LogP contribution in [-0.4, -0.2) is 114 Å². The second kappa shape index (κ2) is 17.0. The number of nitrogens with two attached hydrogens (primary N) is 1. The lowest BCUT2D eigenvalue weighted by molar-refractivity contribution is -0.144. The first kappa shape index (κ1) is 38.4. The molecule has 0 unspecified atom stereocenters. The van der Waals surface area contributed by atoms with Gasteiger partial charge in [-0.1, -0.05) is 45.0 Å². The van der Waals surface area contributed by atoms with E-state index in [2.05, 4.69) is 31.6 Å². The number of rotatable bonds is 3. The maximum absolute atomic E-state index is 14.0. The number of nitrogens with zero attached hydrogens (tertiary/aromatic N) is 2. The topological polar surface area (TPSA) is 234 Å². The Morgan fingerprint density at radius 1 is 0.980 bits per heavy atom. The van der Waals surface area contributed by atoms with E-state index in [-0.39, 0.29) is 39.1 Å². The number of thiazole rings is 1. The first-order chi connectivity index (χ1) is 23.7. The number of nitrogens with one attached hydrogen (secondary N) is 5. The highest BCUT2D eigenvalue weighted by Crippen LogP contribution is 2.30. The highest BCUT2D eigenvalue weighted by atomic mass is 32.1. The Labute approximate surface area is 294 Å². The minimum Gasteiger partial charge on any atom is -0.391 e. The molecular weight excluding hydrogens is 668 g/mol. The molecule has 50 heavy (non-hydrogen) atoms. The van der Waals surface area contributed by atoms with Crippen molar-refractivity contribution in [3.8, 4) is 10.4 Å². The number of aliphatic hydroxyl groups is 1. The Kier molecular flexibility index (Phi) is 13.0. The third-order valence-corrected chi connectivity index (χ3v) is 9.40. The van der Waals surface area contributed by atoms with Crippen molar-refractivity contribution in [2.24, 2.45) is 11.1 Å². The van der Waals surface area contributed by atoms with Crippen LogP contribution in [0.15, 0.2) is 29.8 Å². The van der Waals surface area contributed by atoms with Crippen LogP contribution in [-0.2, 0) is 33.5 Å². The van der Waals surface area contributed by atoms with Gasteiger partial charge >= 0.3 is 0 Å². The Bertz CT molecular complexity index is 1560. The van der Waals surface area contributed by atoms with Crippen molar-refractivity contribution in [2.75, 3.05) is 39.4 Å². The summed E-state index contributed by atoms with van der Waals surface area (Å²) in [6.07, 6.45) is -1.33. The molecule has 2 aliphatic rings. The number of aliphatic hydroxyl groups excluding tert-OH is 1. The smallest absolute Gasteiger partial charge is 0.246 e. The van der Waals surface area contributed by atoms with Gasteiger partial charge in [-0.2, -0.15) is 0 Å². The summed E-state index contributed by atoms with van der Waals surface area (Å²) in [5, 5.41) is 23.8. The van der Waals surface area contributed by atoms with E-state index in [1.807, 2.05) is 19.1 Å². The molecule has 2 aliphatic heterocycles. The van der Waals surface area contributed by atoms with E-state index >= 15 is 0 Å². The van der Waals surface area contributed by atoms with E-state index in [1.54, 1.807) is 38.4 Å². The molecule has 2 fully saturated rings. The van der Waals surface area contributed by atoms with Gasteiger partial charge in [0.15, 0.2) is 0 Å². The van der Waals surface area contributed by atoms with Crippen molar-refractivity contribution >= 4 is 46.8 Å². The summed E-state index contributed by atoms with van der Waals surface area (Å²) in [7, 11) is 0. The molecule has 0 spiro atoms. The molecule has 1 aromatic heterocycles. The van der Waals surface area contributed by atoms with Gasteiger partial charge in [0.2, 0.25) is 35.4 Å². The summed E-state index contributed by atoms with van der Waals surface area (Å²) in [6.45, 7) is 5.90. The van der Waals surface area contributed by atoms with Crippen LogP contribution in [0.4, 0.5) is 0 Å². The normalized spacial score (nSPS) is 25.6. The number of aromatic nitrogens is 1. The van der Waals surface area contributed by atoms with Gasteiger partial charge in [0.25, 0.3) is 0 Å². The molecule has 2 aromatic rings. The standard InChI is InChI=1S/C33H46N8O8S/c1-18-28(50-17-37-18)20-7-5-19(6-8-20)22-12-25(43)36-14-26(44)38-23(13-34)30(46)35-9-10-49-16-27(45)40-29(33(2,3)4)32(48)41-15-21(42)11-24(41)31(47)39-22/h5-8,17,21-24,29,42H,9-16,34H2,1-4H3,(H,35,46)(H,36,43)(H,38,44)(H,39,47)(H,40,45)/t21-,22+,23-,24+,29-/m1/s1. The minimum atomic E-state index is -1.10. The largest absolute Gasteiger partial charge is 0.391 e. The van der Waals surface area contributed by atoms with Crippen LogP contribution in [0.1, 0.15) is 50.9 Å². The summed E-state index contributed by atoms with van der Waals surface area (Å²) in [5.74, 6) is -3.57. The predicted molar refractivity (Wildman–Crippen MR) is 183 cm³/mol. The van der Waals surface area contributed by atoms with Crippen molar-refractivity contribution in [1.82, 2.24) is 36.5 Å². The third kappa shape index (κ3) is 10.1. The number of ether oxygens (including phenoxy) is 1. The fourth-order valence-electron chi connectivity index (χ4n) is 5.74. The molecule has 2 saturated heterocycles. The van der Waals surface area contributed by atoms with Gasteiger partial charge in [-0.05, 0) is 23.5 Å². The van der Waals surface area contributed by atoms with Gasteiger partial charge < -0.3 is 47.1 Å². The zero-order chi connectivity index (χ0) is 36.6. The van der Waals surface area contributed by atoms with Gasteiger partial charge in [-0.15, -0.1) is 11.3 Å². The predicted octanol–water partition coefficient (Wildman–Crippen LogP) is -1.14. The van der Waals surface area contributed by atoms with Crippen molar-refractivity contribution in [2.45, 2.75) is 70.8 Å². The van der Waals surface area contributed by atoms with E-state index in [1.165, 1.54) is 16.2 Å². The SMILES string of the molecule is Cc1ncsc1-c1ccc([C@@H]2CC(=O)NCC(=O)N[C@H](CN)C(=O)NCCOCC(=O)N[C@@H](C(C)(C)C)C(=O)N3C[C@H](O)C[C@H]3C(=O)N2)cc1. The van der Waals surface area contributed by atoms with Crippen LogP contribution >= 0.6 is 11.3 Å². The van der Waals surface area contributed by atoms with Crippen molar-refractivity contribution in [3.63, 3.8) is 0 Å². The molecule has 4 rings (SSSR count). The van der Waals surface area contributed by atoms with Gasteiger partial charge in [0.1, 0.15) is 24.7 Å². The maximum Gasteiger partial charge on any atom is 0.246 e. The lowest BCUT2D eigenvalue weighted by atomic mass is 9.85. The zero-order valence-corrected chi connectivity index (χ0v) is 29.4. The molecule has 0 bridgehead atoms. The summed E-state index contributed by atoms with van der Waals surface area (Å²) in [4.78, 5) is 85.7. The van der Waals surface area contributed by atoms with Crippen molar-refractivity contribution in [3.05, 3.63) is 41.0 Å². The van der Waals surface area contributed by atoms with Crippen molar-refractivity contribution in [1.29, 1.82) is 0 Å². The number of fused-ring (bicyclic) bond motifs is 1. The number of hydrogen-bond acceptors (Lipinski definition) is 11. The van der Waals surface area contributed by atoms with E-state index in [0.717, 1.165) is 16.1 Å². The fraction of sp³-hybridized carbons (Fsp3) is 0.545. The van der Waals surface area contributed by atoms with Crippen LogP contribution in [0, 0.1) is 12.3 Å². The molecule has 0 saturated carbocycles. The molecule has 3 heterocycles. The summed E-state index contributed by atoms with van der Waals surface area (Å²) in [5.41, 5.74) is 8.98. The number of amides is 6. The second-order valence-electron chi connectivity index (χ2n) is 13.4. The Balaban J connectivity index is 1.63. The number of hydrogen-bond donors (Lipinski definition) is 7. The van der Waals surface area contributed by atoms with Crippen LogP contribution in [0.3, 0.4) is 0 Å². The van der Waals surface area contributed by atoms with Crippen LogP contribution in [0.25, 0.3) is 10.4 Å². The van der Waals surface area contributed by atoms with Gasteiger partial charge in [0, 0.05) is 26.1 Å². The molecule has 8 N–H and O–H groups in total. The summed E-state index contributed by atoms with van der Waals surface area (Å²) in [6, 6.07) is 3.09. The summed E-state index contributed by atoms with van der Waals surface area (Å²) >= 11 is 1.48. The quantitative estimate of drug-likeness (QED) is 0.202. The van der Waals surface area contributed by atoms with E-state index in [4.69, 9.17) is 10.5 Å². The molecular formula is C33H46N8O8S. The average Bonchev–Trinajstić information content (AvgIpc) is 3.68. The molecule has 272 valence electrons. The Morgan fingerprint density at radius 3 is 2.34 bits per heavy atom. The molecule has 0 aliphatic carbocycles. The van der Waals surface area contributed by atoms with Crippen LogP contribution in [0.5, 0.6) is 0 Å². The van der Waals surface area contributed by atoms with Gasteiger partial charge in [0.05, 0.1) is 47.8 Å². The highest BCUT2D eigenvalue weighted by molar-refractivity contribution is 7.13. The molecule has 16 nitrogen and oxygen atoms in total. The number of carbonyl (C=O) groups is 6. The van der Waals surface area contributed by atoms with Gasteiger partial charge in [-0.3, -0.25) is 28.8 Å². The average molecular weight is 715 g/mol. The van der Waals surface area contributed by atoms with Gasteiger partial charge in [-0.25, -0.2) is 4.98 Å². The van der Waals surface area contributed by atoms with Crippen LogP contribution in [0.2, 0.25) is 0 Å². The lowest BCUT2D eigenvalue weighted by Crippen LogP contribution is -2.58. The summed E-state index contributed by atoms with van der Waals surface area (Å²) < 4.78 is 5.39. The molecule has 6 amide bonds. The van der Waals surface area contributed by atoms with E-state index in [0.29, 0.717) is 5.56 Å². The first-order valence-electron chi connectivity index (χ1n) is 16.4. The molecule has 0 radical (unpaired) electrons. The number of carbonyl (C=O) groups excluding carboxylic acids is 6. The Morgan fingerprint density at radius 2 is 1.70 bits per heavy atom. The Hall–Kier alpha value is -4.45. The highest BCUT2D eigenvalue weighted by Gasteiger charge is 2.45. The maximum atomic E-state index is 14.0. The second-order valence-corrected chi connectivity index (χ2v) is 14.2. The van der Waals surface area contributed by atoms with Crippen LogP contribution < -0.4 is 32.3 Å². The fourth-order valence-corrected chi connectivity index (χ4v) is 6.55. The van der Waals surface area contributed by atoms with Crippen molar-refractivity contribution < 1.29 is 38.6 Å². The molecule has 5 atom stereocenters. The monoisotopic (exact) mass is 714 g/mol. The van der Waals surface area contributed by atoms with E-state index in [9.17, 15) is 33.9 Å². The molecule has 1 aromatic carbocycles. The minimum absolute atomic E-state index is 0.00545. The van der Waals surface area contributed by atoms with E-state index < -0.39 is 84.3 Å². The zero-order valence-electron chi connectivity index (χ0n) is 28.6. The third-order valence-electron chi connectivity index (χ3n) is 8.42. The lowest BCUT2D eigenvalue weighted by Gasteiger charge is -2.35.